The molecule has 0 spiro atoms. The summed E-state index contributed by atoms with van der Waals surface area (Å²) in [5.41, 5.74) is 3.44. The topological polar surface area (TPSA) is 124 Å². The van der Waals surface area contributed by atoms with E-state index in [0.717, 1.165) is 41.1 Å². The third kappa shape index (κ3) is 3.63. The number of aromatic nitrogens is 2. The van der Waals surface area contributed by atoms with E-state index >= 15 is 0 Å². The Bertz CT molecular complexity index is 1030. The lowest BCUT2D eigenvalue weighted by Gasteiger charge is -2.17. The van der Waals surface area contributed by atoms with E-state index in [4.69, 9.17) is 0 Å². The van der Waals surface area contributed by atoms with Crippen LogP contribution < -0.4 is 16.3 Å². The Hall–Kier alpha value is -2.40. The van der Waals surface area contributed by atoms with E-state index in [1.54, 1.807) is 18.3 Å². The SMILES string of the molecule is C[C@H](SCc1nc2sc3c(c2c(=O)[nH]1)CCCC3)C(=O)NN1CC(=O)NC1=O. The lowest BCUT2D eigenvalue weighted by atomic mass is 9.97. The molecule has 9 nitrogen and oxygen atoms in total. The molecule has 4 rings (SSSR count). The van der Waals surface area contributed by atoms with Crippen LogP contribution in [0, 0.1) is 0 Å². The van der Waals surface area contributed by atoms with Crippen LogP contribution in [0.2, 0.25) is 0 Å². The molecule has 1 saturated heterocycles. The number of thioether (sulfide) groups is 1. The van der Waals surface area contributed by atoms with Crippen molar-refractivity contribution < 1.29 is 14.4 Å². The van der Waals surface area contributed by atoms with Crippen LogP contribution in [0.15, 0.2) is 4.79 Å². The Kier molecular flexibility index (Phi) is 5.11. The molecule has 3 N–H and O–H groups in total. The fourth-order valence-electron chi connectivity index (χ4n) is 3.31. The molecule has 1 aliphatic carbocycles. The quantitative estimate of drug-likeness (QED) is 0.621. The van der Waals surface area contributed by atoms with Crippen LogP contribution >= 0.6 is 23.1 Å². The summed E-state index contributed by atoms with van der Waals surface area (Å²) in [5, 5.41) is 3.25. The summed E-state index contributed by atoms with van der Waals surface area (Å²) in [5.74, 6) is 0.0204. The molecule has 28 heavy (non-hydrogen) atoms. The van der Waals surface area contributed by atoms with Crippen LogP contribution in [0.4, 0.5) is 4.79 Å². The molecular formula is C17H19N5O4S2. The molecule has 1 atom stereocenters. The number of H-pyrrole nitrogens is 1. The number of fused-ring (bicyclic) bond motifs is 3. The van der Waals surface area contributed by atoms with Gasteiger partial charge in [0, 0.05) is 4.88 Å². The zero-order valence-electron chi connectivity index (χ0n) is 15.2. The number of nitrogens with zero attached hydrogens (tertiary/aromatic N) is 2. The van der Waals surface area contributed by atoms with Gasteiger partial charge in [-0.1, -0.05) is 0 Å². The molecular weight excluding hydrogens is 402 g/mol. The van der Waals surface area contributed by atoms with Crippen LogP contribution in [0.1, 0.15) is 36.0 Å². The van der Waals surface area contributed by atoms with E-state index in [9.17, 15) is 19.2 Å². The number of carbonyl (C=O) groups excluding carboxylic acids is 3. The van der Waals surface area contributed by atoms with Gasteiger partial charge in [-0.05, 0) is 38.2 Å². The number of imide groups is 1. The molecule has 1 fully saturated rings. The van der Waals surface area contributed by atoms with Crippen LogP contribution in [0.5, 0.6) is 0 Å². The largest absolute Gasteiger partial charge is 0.343 e. The molecule has 0 unspecified atom stereocenters. The van der Waals surface area contributed by atoms with E-state index in [2.05, 4.69) is 20.7 Å². The van der Waals surface area contributed by atoms with Gasteiger partial charge in [-0.25, -0.2) is 14.8 Å². The number of hydrazine groups is 1. The second kappa shape index (κ2) is 7.55. The first-order chi connectivity index (χ1) is 13.4. The van der Waals surface area contributed by atoms with E-state index in [1.807, 2.05) is 0 Å². The normalized spacial score (nSPS) is 17.5. The number of aryl methyl sites for hydroxylation is 2. The fourth-order valence-corrected chi connectivity index (χ4v) is 5.34. The van der Waals surface area contributed by atoms with Crippen LogP contribution in [0.25, 0.3) is 10.2 Å². The molecule has 148 valence electrons. The van der Waals surface area contributed by atoms with Gasteiger partial charge in [-0.2, -0.15) is 0 Å². The van der Waals surface area contributed by atoms with Gasteiger partial charge in [0.15, 0.2) is 0 Å². The van der Waals surface area contributed by atoms with Crippen LogP contribution in [-0.2, 0) is 28.2 Å². The zero-order chi connectivity index (χ0) is 19.8. The maximum Gasteiger partial charge on any atom is 0.343 e. The standard InChI is InChI=1S/C17H19N5O4S2/c1-8(14(24)21-22-6-12(23)20-17(22)26)27-7-11-18-15(25)13-9-4-2-3-5-10(9)28-16(13)19-11/h8H,2-7H2,1H3,(H,21,24)(H,18,19,25)(H,20,23,26)/t8-/m0/s1. The van der Waals surface area contributed by atoms with Crippen molar-refractivity contribution >= 4 is 51.2 Å². The molecule has 1 aliphatic heterocycles. The lowest BCUT2D eigenvalue weighted by molar-refractivity contribution is -0.124. The summed E-state index contributed by atoms with van der Waals surface area (Å²) in [6.07, 6.45) is 4.18. The minimum atomic E-state index is -0.645. The highest BCUT2D eigenvalue weighted by molar-refractivity contribution is 7.99. The maximum absolute atomic E-state index is 12.5. The Morgan fingerprint density at radius 2 is 2.11 bits per heavy atom. The number of aromatic amines is 1. The Morgan fingerprint density at radius 1 is 1.32 bits per heavy atom. The average Bonchev–Trinajstić information content (AvgIpc) is 3.18. The molecule has 2 aliphatic rings. The van der Waals surface area contributed by atoms with Gasteiger partial charge in [-0.3, -0.25) is 25.1 Å². The van der Waals surface area contributed by atoms with Crippen molar-refractivity contribution in [2.45, 2.75) is 43.6 Å². The van der Waals surface area contributed by atoms with Crippen molar-refractivity contribution in [3.63, 3.8) is 0 Å². The molecule has 2 aromatic rings. The highest BCUT2D eigenvalue weighted by Gasteiger charge is 2.29. The monoisotopic (exact) mass is 421 g/mol. The van der Waals surface area contributed by atoms with Gasteiger partial charge in [0.05, 0.1) is 16.4 Å². The van der Waals surface area contributed by atoms with E-state index in [-0.39, 0.29) is 12.1 Å². The number of thiophene rings is 1. The van der Waals surface area contributed by atoms with Crippen molar-refractivity contribution in [2.75, 3.05) is 6.54 Å². The number of amides is 4. The van der Waals surface area contributed by atoms with Crippen molar-refractivity contribution in [1.82, 2.24) is 25.7 Å². The van der Waals surface area contributed by atoms with Crippen molar-refractivity contribution in [3.8, 4) is 0 Å². The van der Waals surface area contributed by atoms with Gasteiger partial charge in [0.1, 0.15) is 17.2 Å². The summed E-state index contributed by atoms with van der Waals surface area (Å²) in [7, 11) is 0. The fraction of sp³-hybridized carbons (Fsp3) is 0.471. The Labute approximate surface area is 168 Å². The lowest BCUT2D eigenvalue weighted by Crippen LogP contribution is -2.47. The predicted octanol–water partition coefficient (Wildman–Crippen LogP) is 1.07. The number of hydrogen-bond donors (Lipinski definition) is 3. The van der Waals surface area contributed by atoms with Gasteiger partial charge in [0.25, 0.3) is 11.5 Å². The predicted molar refractivity (Wildman–Crippen MR) is 106 cm³/mol. The van der Waals surface area contributed by atoms with Crippen molar-refractivity contribution in [3.05, 3.63) is 26.6 Å². The molecule has 0 aromatic carbocycles. The second-order valence-electron chi connectivity index (χ2n) is 6.77. The molecule has 4 amide bonds. The summed E-state index contributed by atoms with van der Waals surface area (Å²) >= 11 is 2.88. The van der Waals surface area contributed by atoms with Gasteiger partial charge >= 0.3 is 6.03 Å². The number of rotatable bonds is 5. The average molecular weight is 422 g/mol. The molecule has 0 radical (unpaired) electrons. The first-order valence-corrected chi connectivity index (χ1v) is 10.9. The zero-order valence-corrected chi connectivity index (χ0v) is 16.8. The Morgan fingerprint density at radius 3 is 2.86 bits per heavy atom. The summed E-state index contributed by atoms with van der Waals surface area (Å²) < 4.78 is 0. The smallest absolute Gasteiger partial charge is 0.309 e. The number of carbonyl (C=O) groups is 3. The molecule has 0 saturated carbocycles. The first kappa shape index (κ1) is 18.9. The van der Waals surface area contributed by atoms with Crippen LogP contribution in [-0.4, -0.2) is 44.6 Å². The molecule has 11 heteroatoms. The highest BCUT2D eigenvalue weighted by Crippen LogP contribution is 2.33. The van der Waals surface area contributed by atoms with E-state index in [0.29, 0.717) is 17.0 Å². The van der Waals surface area contributed by atoms with Gasteiger partial charge < -0.3 is 4.98 Å². The van der Waals surface area contributed by atoms with E-state index < -0.39 is 23.1 Å². The summed E-state index contributed by atoms with van der Waals surface area (Å²) in [6, 6.07) is -0.645. The summed E-state index contributed by atoms with van der Waals surface area (Å²) in [6.45, 7) is 1.49. The molecule has 2 aromatic heterocycles. The van der Waals surface area contributed by atoms with Gasteiger partial charge in [-0.15, -0.1) is 23.1 Å². The second-order valence-corrected chi connectivity index (χ2v) is 9.19. The Balaban J connectivity index is 1.42. The molecule has 0 bridgehead atoms. The number of urea groups is 1. The minimum Gasteiger partial charge on any atom is -0.309 e. The maximum atomic E-state index is 12.5. The third-order valence-corrected chi connectivity index (χ3v) is 7.09. The number of hydrogen-bond acceptors (Lipinski definition) is 7. The highest BCUT2D eigenvalue weighted by atomic mass is 32.2. The minimum absolute atomic E-state index is 0.121. The van der Waals surface area contributed by atoms with E-state index in [1.165, 1.54) is 16.6 Å². The number of nitrogens with one attached hydrogen (secondary N) is 3. The summed E-state index contributed by atoms with van der Waals surface area (Å²) in [4.78, 5) is 56.9. The third-order valence-electron chi connectivity index (χ3n) is 4.75. The first-order valence-electron chi connectivity index (χ1n) is 8.99. The molecule has 3 heterocycles. The van der Waals surface area contributed by atoms with Gasteiger partial charge in [0.2, 0.25) is 5.91 Å². The van der Waals surface area contributed by atoms with Crippen LogP contribution in [0.3, 0.4) is 0 Å². The van der Waals surface area contributed by atoms with Crippen molar-refractivity contribution in [2.24, 2.45) is 0 Å². The van der Waals surface area contributed by atoms with Crippen molar-refractivity contribution in [1.29, 1.82) is 0 Å².